The lowest BCUT2D eigenvalue weighted by molar-refractivity contribution is -0.136. The first-order valence-electron chi connectivity index (χ1n) is 7.66. The summed E-state index contributed by atoms with van der Waals surface area (Å²) in [6, 6.07) is 6.70. The molecule has 1 aliphatic carbocycles. The summed E-state index contributed by atoms with van der Waals surface area (Å²) in [5.74, 6) is -0.261. The molecular weight excluding hydrogens is 282 g/mol. The molecule has 2 aromatic rings. The molecule has 0 amide bonds. The van der Waals surface area contributed by atoms with E-state index in [2.05, 4.69) is 4.98 Å². The molecule has 0 bridgehead atoms. The molecule has 1 aromatic carbocycles. The molecule has 1 aromatic heterocycles. The van der Waals surface area contributed by atoms with E-state index in [4.69, 9.17) is 9.84 Å². The minimum atomic E-state index is -0.966. The molecule has 5 heteroatoms. The Labute approximate surface area is 127 Å². The number of aromatic amines is 1. The molecule has 0 radical (unpaired) electrons. The van der Waals surface area contributed by atoms with Gasteiger partial charge in [-0.05, 0) is 43.9 Å². The van der Waals surface area contributed by atoms with Gasteiger partial charge in [-0.1, -0.05) is 6.42 Å². The summed E-state index contributed by atoms with van der Waals surface area (Å²) in [5, 5.41) is 9.34. The Morgan fingerprint density at radius 1 is 1.23 bits per heavy atom. The number of carboxylic acid groups (broad SMARTS) is 1. The number of hydrogen-bond donors (Lipinski definition) is 2. The van der Waals surface area contributed by atoms with Crippen LogP contribution in [0.2, 0.25) is 0 Å². The number of carbonyl (C=O) groups is 1. The predicted octanol–water partition coefficient (Wildman–Crippen LogP) is 2.87. The molecule has 0 unspecified atom stereocenters. The van der Waals surface area contributed by atoms with Crippen LogP contribution in [0.3, 0.4) is 0 Å². The van der Waals surface area contributed by atoms with Crippen molar-refractivity contribution in [1.82, 2.24) is 4.98 Å². The highest BCUT2D eigenvalue weighted by Gasteiger charge is 2.15. The van der Waals surface area contributed by atoms with Crippen LogP contribution in [0.15, 0.2) is 29.1 Å². The van der Waals surface area contributed by atoms with Crippen molar-refractivity contribution in [1.29, 1.82) is 0 Å². The third-order valence-electron chi connectivity index (χ3n) is 4.05. The Hall–Kier alpha value is -2.30. The molecule has 0 aliphatic heterocycles. The Balaban J connectivity index is 1.87. The molecular formula is C17H19NO4. The summed E-state index contributed by atoms with van der Waals surface area (Å²) >= 11 is 0. The lowest BCUT2D eigenvalue weighted by Crippen LogP contribution is -2.19. The van der Waals surface area contributed by atoms with Crippen LogP contribution in [0.4, 0.5) is 0 Å². The van der Waals surface area contributed by atoms with Crippen LogP contribution in [0.5, 0.6) is 5.75 Å². The average molecular weight is 301 g/mol. The van der Waals surface area contributed by atoms with E-state index in [-0.39, 0.29) is 18.0 Å². The van der Waals surface area contributed by atoms with E-state index in [1.165, 1.54) is 25.3 Å². The smallest absolute Gasteiger partial charge is 0.309 e. The van der Waals surface area contributed by atoms with Gasteiger partial charge < -0.3 is 14.8 Å². The van der Waals surface area contributed by atoms with Crippen molar-refractivity contribution < 1.29 is 14.6 Å². The molecule has 0 spiro atoms. The number of fused-ring (bicyclic) bond motifs is 1. The second-order valence-electron chi connectivity index (χ2n) is 5.81. The van der Waals surface area contributed by atoms with Gasteiger partial charge in [-0.25, -0.2) is 0 Å². The van der Waals surface area contributed by atoms with Gasteiger partial charge in [-0.2, -0.15) is 0 Å². The fourth-order valence-corrected chi connectivity index (χ4v) is 2.99. The number of ether oxygens (including phenoxy) is 1. The summed E-state index contributed by atoms with van der Waals surface area (Å²) in [6.07, 6.45) is 5.82. The van der Waals surface area contributed by atoms with E-state index in [1.54, 1.807) is 12.1 Å². The minimum Gasteiger partial charge on any atom is -0.490 e. The van der Waals surface area contributed by atoms with Gasteiger partial charge >= 0.3 is 5.97 Å². The van der Waals surface area contributed by atoms with Crippen molar-refractivity contribution in [2.45, 2.75) is 44.6 Å². The maximum absolute atomic E-state index is 12.2. The van der Waals surface area contributed by atoms with Gasteiger partial charge in [0.15, 0.2) is 5.43 Å². The molecule has 1 fully saturated rings. The van der Waals surface area contributed by atoms with E-state index < -0.39 is 5.97 Å². The van der Waals surface area contributed by atoms with Gasteiger partial charge in [0.2, 0.25) is 0 Å². The predicted molar refractivity (Wildman–Crippen MR) is 83.4 cm³/mol. The van der Waals surface area contributed by atoms with Gasteiger partial charge in [-0.15, -0.1) is 0 Å². The van der Waals surface area contributed by atoms with E-state index >= 15 is 0 Å². The monoisotopic (exact) mass is 301 g/mol. The maximum Gasteiger partial charge on any atom is 0.309 e. The Morgan fingerprint density at radius 3 is 2.73 bits per heavy atom. The molecule has 22 heavy (non-hydrogen) atoms. The molecule has 3 rings (SSSR count). The second-order valence-corrected chi connectivity index (χ2v) is 5.81. The van der Waals surface area contributed by atoms with Gasteiger partial charge in [0.1, 0.15) is 5.75 Å². The number of hydrogen-bond acceptors (Lipinski definition) is 3. The van der Waals surface area contributed by atoms with Crippen molar-refractivity contribution in [3.63, 3.8) is 0 Å². The van der Waals surface area contributed by atoms with Crippen LogP contribution in [-0.2, 0) is 11.2 Å². The van der Waals surface area contributed by atoms with Gasteiger partial charge in [-0.3, -0.25) is 9.59 Å². The van der Waals surface area contributed by atoms with Crippen LogP contribution in [0, 0.1) is 0 Å². The normalized spacial score (nSPS) is 15.8. The van der Waals surface area contributed by atoms with E-state index in [0.717, 1.165) is 12.8 Å². The zero-order chi connectivity index (χ0) is 15.5. The summed E-state index contributed by atoms with van der Waals surface area (Å²) < 4.78 is 5.97. The van der Waals surface area contributed by atoms with Gasteiger partial charge in [0.25, 0.3) is 0 Å². The van der Waals surface area contributed by atoms with Crippen LogP contribution in [0.25, 0.3) is 10.9 Å². The Bertz CT molecular complexity index is 744. The molecule has 116 valence electrons. The highest BCUT2D eigenvalue weighted by molar-refractivity contribution is 5.81. The Morgan fingerprint density at radius 2 is 2.00 bits per heavy atom. The van der Waals surface area contributed by atoms with Crippen LogP contribution in [-0.4, -0.2) is 22.2 Å². The third kappa shape index (κ3) is 3.30. The summed E-state index contributed by atoms with van der Waals surface area (Å²) in [7, 11) is 0. The van der Waals surface area contributed by atoms with Crippen LogP contribution >= 0.6 is 0 Å². The lowest BCUT2D eigenvalue weighted by Gasteiger charge is -2.23. The number of benzene rings is 1. The van der Waals surface area contributed by atoms with Crippen molar-refractivity contribution in [3.05, 3.63) is 40.2 Å². The standard InChI is InChI=1S/C17H19NO4/c19-16-8-11(9-17(20)21)18-15-7-6-13(10-14(15)16)22-12-4-2-1-3-5-12/h6-8,10,12H,1-5,9H2,(H,18,19)(H,20,21). The van der Waals surface area contributed by atoms with Crippen LogP contribution in [0.1, 0.15) is 37.8 Å². The van der Waals surface area contributed by atoms with Crippen molar-refractivity contribution >= 4 is 16.9 Å². The number of aliphatic carboxylic acids is 1. The number of H-pyrrole nitrogens is 1. The summed E-state index contributed by atoms with van der Waals surface area (Å²) in [6.45, 7) is 0. The topological polar surface area (TPSA) is 79.4 Å². The van der Waals surface area contributed by atoms with Crippen molar-refractivity contribution in [2.75, 3.05) is 0 Å². The van der Waals surface area contributed by atoms with Gasteiger partial charge in [0, 0.05) is 22.7 Å². The number of rotatable bonds is 4. The highest BCUT2D eigenvalue weighted by Crippen LogP contribution is 2.25. The van der Waals surface area contributed by atoms with Gasteiger partial charge in [0.05, 0.1) is 12.5 Å². The maximum atomic E-state index is 12.2. The zero-order valence-corrected chi connectivity index (χ0v) is 12.3. The molecule has 1 aliphatic rings. The number of aromatic nitrogens is 1. The highest BCUT2D eigenvalue weighted by atomic mass is 16.5. The molecule has 0 saturated heterocycles. The first kappa shape index (κ1) is 14.6. The fraction of sp³-hybridized carbons (Fsp3) is 0.412. The third-order valence-corrected chi connectivity index (χ3v) is 4.05. The number of pyridine rings is 1. The van der Waals surface area contributed by atoms with E-state index in [0.29, 0.717) is 22.3 Å². The molecule has 5 nitrogen and oxygen atoms in total. The Kier molecular flexibility index (Phi) is 4.13. The minimum absolute atomic E-state index is 0.181. The quantitative estimate of drug-likeness (QED) is 0.910. The number of carboxylic acids is 1. The van der Waals surface area contributed by atoms with Crippen molar-refractivity contribution in [2.24, 2.45) is 0 Å². The van der Waals surface area contributed by atoms with Crippen LogP contribution < -0.4 is 10.2 Å². The summed E-state index contributed by atoms with van der Waals surface area (Å²) in [4.78, 5) is 25.9. The lowest BCUT2D eigenvalue weighted by atomic mass is 9.98. The zero-order valence-electron chi connectivity index (χ0n) is 12.3. The van der Waals surface area contributed by atoms with E-state index in [1.807, 2.05) is 6.07 Å². The molecule has 2 N–H and O–H groups in total. The fourth-order valence-electron chi connectivity index (χ4n) is 2.99. The van der Waals surface area contributed by atoms with Crippen molar-refractivity contribution in [3.8, 4) is 5.75 Å². The average Bonchev–Trinajstić information content (AvgIpc) is 2.48. The second kappa shape index (κ2) is 6.22. The summed E-state index contributed by atoms with van der Waals surface area (Å²) in [5.41, 5.74) is 0.866. The molecule has 1 heterocycles. The first-order chi connectivity index (χ1) is 10.6. The largest absolute Gasteiger partial charge is 0.490 e. The first-order valence-corrected chi connectivity index (χ1v) is 7.66. The molecule has 0 atom stereocenters. The number of nitrogens with one attached hydrogen (secondary N) is 1. The SMILES string of the molecule is O=C(O)Cc1cc(=O)c2cc(OC3CCCCC3)ccc2[nH]1. The van der Waals surface area contributed by atoms with E-state index in [9.17, 15) is 9.59 Å². The molecule has 1 saturated carbocycles.